The van der Waals surface area contributed by atoms with Gasteiger partial charge in [-0.2, -0.15) is 0 Å². The van der Waals surface area contributed by atoms with Crippen LogP contribution in [0, 0.1) is 0 Å². The smallest absolute Gasteiger partial charge is 0.115 e. The van der Waals surface area contributed by atoms with Gasteiger partial charge < -0.3 is 15.9 Å². The molecule has 0 heterocycles. The maximum Gasteiger partial charge on any atom is 0.115 e. The van der Waals surface area contributed by atoms with Gasteiger partial charge in [-0.25, -0.2) is 0 Å². The summed E-state index contributed by atoms with van der Waals surface area (Å²) in [6, 6.07) is 12.1. The summed E-state index contributed by atoms with van der Waals surface area (Å²) in [4.78, 5) is 0. The van der Waals surface area contributed by atoms with Crippen LogP contribution in [0.4, 0.5) is 0 Å². The van der Waals surface area contributed by atoms with Crippen LogP contribution >= 0.6 is 23.6 Å². The molecule has 0 amide bonds. The van der Waals surface area contributed by atoms with Crippen LogP contribution < -0.4 is 5.73 Å². The van der Waals surface area contributed by atoms with Crippen molar-refractivity contribution in [1.29, 1.82) is 0 Å². The zero-order chi connectivity index (χ0) is 14.7. The van der Waals surface area contributed by atoms with E-state index in [2.05, 4.69) is 0 Å². The van der Waals surface area contributed by atoms with Gasteiger partial charge in [-0.3, -0.25) is 0 Å². The van der Waals surface area contributed by atoms with E-state index in [9.17, 15) is 10.2 Å². The van der Waals surface area contributed by atoms with E-state index in [-0.39, 0.29) is 32.6 Å². The van der Waals surface area contributed by atoms with Crippen LogP contribution in [0.15, 0.2) is 48.5 Å². The molecule has 0 aromatic heterocycles. The molecule has 2 rings (SSSR count). The Bertz CT molecular complexity index is 564. The average Bonchev–Trinajstić information content (AvgIpc) is 2.41. The molecule has 2 atom stereocenters. The first-order valence-electron chi connectivity index (χ1n) is 5.93. The number of nitrogens with two attached hydrogens (primary N) is 1. The molecular formula is C14H14Cl2N2O2Pt. The number of nitrogens with zero attached hydrogens (tertiary/aromatic N) is 1. The summed E-state index contributed by atoms with van der Waals surface area (Å²) in [5.41, 5.74) is 7.76. The third-order valence-corrected chi connectivity index (χ3v) is 3.48. The zero-order valence-corrected chi connectivity index (χ0v) is 14.5. The van der Waals surface area contributed by atoms with Gasteiger partial charge in [-0.1, -0.05) is 24.3 Å². The standard InChI is InChI=1S/C14H14Cl2N2O2.Pt/c15-18(16)14(10-3-7-12(20)8-4-10)13(17)9-1-5-11(19)6-2-9;/h1-8,13-14,19-20H,17H2;. The molecule has 0 spiro atoms. The molecule has 4 nitrogen and oxygen atoms in total. The molecule has 0 bridgehead atoms. The normalized spacial score (nSPS) is 13.5. The third kappa shape index (κ3) is 4.60. The van der Waals surface area contributed by atoms with Gasteiger partial charge in [0.2, 0.25) is 0 Å². The summed E-state index contributed by atoms with van der Waals surface area (Å²) in [5.74, 6) is 0.317. The average molecular weight is 508 g/mol. The van der Waals surface area contributed by atoms with Crippen LogP contribution in [0.1, 0.15) is 23.2 Å². The monoisotopic (exact) mass is 507 g/mol. The molecule has 0 aliphatic rings. The minimum Gasteiger partial charge on any atom is -0.508 e. The van der Waals surface area contributed by atoms with E-state index in [1.807, 2.05) is 0 Å². The number of rotatable bonds is 4. The van der Waals surface area contributed by atoms with E-state index in [0.29, 0.717) is 0 Å². The van der Waals surface area contributed by atoms with Crippen molar-refractivity contribution in [2.45, 2.75) is 12.1 Å². The summed E-state index contributed by atoms with van der Waals surface area (Å²) < 4.78 is 0.990. The number of aromatic hydroxyl groups is 2. The maximum absolute atomic E-state index is 9.32. The largest absolute Gasteiger partial charge is 0.508 e. The van der Waals surface area contributed by atoms with Crippen molar-refractivity contribution in [3.05, 3.63) is 59.7 Å². The van der Waals surface area contributed by atoms with Crippen molar-refractivity contribution in [2.24, 2.45) is 5.73 Å². The fraction of sp³-hybridized carbons (Fsp3) is 0.143. The fourth-order valence-electron chi connectivity index (χ4n) is 1.99. The molecule has 0 fully saturated rings. The molecule has 0 aliphatic heterocycles. The van der Waals surface area contributed by atoms with Crippen LogP contribution in [-0.2, 0) is 21.1 Å². The molecule has 7 heteroatoms. The van der Waals surface area contributed by atoms with Crippen molar-refractivity contribution in [1.82, 2.24) is 3.94 Å². The Morgan fingerprint density at radius 3 is 1.57 bits per heavy atom. The number of phenols is 2. The number of benzene rings is 2. The molecule has 116 valence electrons. The summed E-state index contributed by atoms with van der Waals surface area (Å²) in [7, 11) is 0. The van der Waals surface area contributed by atoms with E-state index in [4.69, 9.17) is 29.3 Å². The summed E-state index contributed by atoms with van der Waals surface area (Å²) in [6.45, 7) is 0. The van der Waals surface area contributed by atoms with E-state index in [1.165, 1.54) is 0 Å². The van der Waals surface area contributed by atoms with Crippen molar-refractivity contribution in [3.8, 4) is 11.5 Å². The third-order valence-electron chi connectivity index (χ3n) is 3.06. The van der Waals surface area contributed by atoms with Crippen LogP contribution in [0.3, 0.4) is 0 Å². The van der Waals surface area contributed by atoms with Gasteiger partial charge in [0, 0.05) is 21.1 Å². The van der Waals surface area contributed by atoms with E-state index in [0.717, 1.165) is 15.1 Å². The molecule has 2 aromatic carbocycles. The van der Waals surface area contributed by atoms with Gasteiger partial charge in [-0.15, -0.1) is 3.94 Å². The van der Waals surface area contributed by atoms with Crippen molar-refractivity contribution in [3.63, 3.8) is 0 Å². The first-order chi connectivity index (χ1) is 9.49. The maximum atomic E-state index is 9.32. The minimum absolute atomic E-state index is 0. The number of hydrogen-bond acceptors (Lipinski definition) is 4. The Morgan fingerprint density at radius 1 is 0.810 bits per heavy atom. The Hall–Kier alpha value is -0.772. The van der Waals surface area contributed by atoms with Gasteiger partial charge in [-0.05, 0) is 58.9 Å². The van der Waals surface area contributed by atoms with Crippen molar-refractivity contribution in [2.75, 3.05) is 0 Å². The molecule has 0 saturated carbocycles. The van der Waals surface area contributed by atoms with E-state index >= 15 is 0 Å². The summed E-state index contributed by atoms with van der Waals surface area (Å²) in [6.07, 6.45) is 0. The topological polar surface area (TPSA) is 69.7 Å². The van der Waals surface area contributed by atoms with Crippen molar-refractivity contribution >= 4 is 23.6 Å². The Kier molecular flexibility index (Phi) is 6.98. The quantitative estimate of drug-likeness (QED) is 0.554. The SMILES string of the molecule is NC(c1ccc(O)cc1)C(c1ccc(O)cc1)N(Cl)Cl.[Pt]. The Labute approximate surface area is 147 Å². The summed E-state index contributed by atoms with van der Waals surface area (Å²) in [5, 5.41) is 18.6. The molecule has 0 saturated heterocycles. The van der Waals surface area contributed by atoms with Crippen molar-refractivity contribution < 1.29 is 31.3 Å². The Balaban J connectivity index is 0.00000220. The van der Waals surface area contributed by atoms with Crippen LogP contribution in [0.5, 0.6) is 11.5 Å². The molecule has 2 aromatic rings. The van der Waals surface area contributed by atoms with E-state index in [1.54, 1.807) is 48.5 Å². The molecule has 4 N–H and O–H groups in total. The van der Waals surface area contributed by atoms with Gasteiger partial charge in [0.15, 0.2) is 0 Å². The predicted octanol–water partition coefficient (Wildman–Crippen LogP) is 3.45. The first kappa shape index (κ1) is 18.3. The number of phenolic OH excluding ortho intramolecular Hbond substituents is 2. The van der Waals surface area contributed by atoms with Gasteiger partial charge in [0.25, 0.3) is 0 Å². The van der Waals surface area contributed by atoms with Gasteiger partial charge in [0.05, 0.1) is 12.1 Å². The first-order valence-corrected chi connectivity index (χ1v) is 6.61. The molecular weight excluding hydrogens is 494 g/mol. The molecule has 0 aliphatic carbocycles. The molecule has 0 radical (unpaired) electrons. The van der Waals surface area contributed by atoms with Crippen LogP contribution in [-0.4, -0.2) is 14.2 Å². The second kappa shape index (κ2) is 8.02. The van der Waals surface area contributed by atoms with Gasteiger partial charge in [0.1, 0.15) is 11.5 Å². The Morgan fingerprint density at radius 2 is 1.19 bits per heavy atom. The second-order valence-corrected chi connectivity index (χ2v) is 5.31. The fourth-order valence-corrected chi connectivity index (χ4v) is 2.46. The molecule has 21 heavy (non-hydrogen) atoms. The zero-order valence-electron chi connectivity index (χ0n) is 10.8. The van der Waals surface area contributed by atoms with Crippen LogP contribution in [0.2, 0.25) is 0 Å². The number of halogens is 2. The van der Waals surface area contributed by atoms with E-state index < -0.39 is 12.1 Å². The number of hydrogen-bond donors (Lipinski definition) is 3. The predicted molar refractivity (Wildman–Crippen MR) is 79.4 cm³/mol. The van der Waals surface area contributed by atoms with Crippen LogP contribution in [0.25, 0.3) is 0 Å². The summed E-state index contributed by atoms with van der Waals surface area (Å²) >= 11 is 11.8. The molecule has 2 unspecified atom stereocenters. The second-order valence-electron chi connectivity index (χ2n) is 4.41. The van der Waals surface area contributed by atoms with Gasteiger partial charge >= 0.3 is 0 Å². The minimum atomic E-state index is -0.491.